The summed E-state index contributed by atoms with van der Waals surface area (Å²) in [5, 5.41) is 0. The van der Waals surface area contributed by atoms with Crippen LogP contribution in [0.1, 0.15) is 33.6 Å². The van der Waals surface area contributed by atoms with Gasteiger partial charge in [0.2, 0.25) is 0 Å². The molecule has 0 aliphatic carbocycles. The zero-order valence-electron chi connectivity index (χ0n) is 13.8. The van der Waals surface area contributed by atoms with Crippen molar-refractivity contribution in [2.75, 3.05) is 33.8 Å². The Kier molecular flexibility index (Phi) is 6.33. The van der Waals surface area contributed by atoms with Gasteiger partial charge in [0.05, 0.1) is 6.61 Å². The number of piperidine rings is 1. The Hall–Kier alpha value is -1.43. The Morgan fingerprint density at radius 1 is 1.33 bits per heavy atom. The van der Waals surface area contributed by atoms with Crippen molar-refractivity contribution in [3.8, 4) is 0 Å². The number of ether oxygens (including phenoxy) is 1. The van der Waals surface area contributed by atoms with Crippen LogP contribution >= 0.6 is 0 Å². The van der Waals surface area contributed by atoms with Crippen LogP contribution in [0.25, 0.3) is 0 Å². The molecule has 0 spiro atoms. The summed E-state index contributed by atoms with van der Waals surface area (Å²) in [5.74, 6) is 0.198. The number of carbonyl (C=O) groups is 1. The summed E-state index contributed by atoms with van der Waals surface area (Å²) in [5.41, 5.74) is 6.52. The largest absolute Gasteiger partial charge is 0.461 e. The van der Waals surface area contributed by atoms with E-state index in [0.717, 1.165) is 25.9 Å². The molecule has 1 saturated heterocycles. The molecule has 0 aromatic rings. The van der Waals surface area contributed by atoms with Crippen LogP contribution < -0.4 is 5.73 Å². The van der Waals surface area contributed by atoms with Crippen LogP contribution in [0.3, 0.4) is 0 Å². The van der Waals surface area contributed by atoms with Gasteiger partial charge in [0.25, 0.3) is 0 Å². The van der Waals surface area contributed by atoms with Gasteiger partial charge in [-0.1, -0.05) is 6.92 Å². The van der Waals surface area contributed by atoms with Crippen LogP contribution in [-0.2, 0) is 9.53 Å². The lowest BCUT2D eigenvalue weighted by atomic mass is 9.75. The van der Waals surface area contributed by atoms with Crippen LogP contribution in [0.5, 0.6) is 0 Å². The molecule has 1 heterocycles. The van der Waals surface area contributed by atoms with Crippen LogP contribution in [0.15, 0.2) is 9.98 Å². The van der Waals surface area contributed by atoms with Crippen molar-refractivity contribution in [2.45, 2.75) is 39.7 Å². The molecule has 1 aliphatic rings. The van der Waals surface area contributed by atoms with Crippen molar-refractivity contribution < 1.29 is 9.53 Å². The Labute approximate surface area is 127 Å². The third-order valence-electron chi connectivity index (χ3n) is 4.42. The van der Waals surface area contributed by atoms with E-state index in [1.807, 2.05) is 0 Å². The second-order valence-electron chi connectivity index (χ2n) is 5.77. The van der Waals surface area contributed by atoms with Gasteiger partial charge in [-0.25, -0.2) is 4.79 Å². The van der Waals surface area contributed by atoms with Crippen molar-refractivity contribution in [3.63, 3.8) is 0 Å². The Balaban J connectivity index is 2.82. The highest BCUT2D eigenvalue weighted by molar-refractivity contribution is 6.65. The summed E-state index contributed by atoms with van der Waals surface area (Å²) in [7, 11) is 3.27. The maximum atomic E-state index is 12.0. The normalized spacial score (nSPS) is 21.1. The summed E-state index contributed by atoms with van der Waals surface area (Å²) >= 11 is 0. The minimum atomic E-state index is -0.416. The summed E-state index contributed by atoms with van der Waals surface area (Å²) in [6, 6.07) is 0.158. The van der Waals surface area contributed by atoms with Gasteiger partial charge in [0.15, 0.2) is 11.5 Å². The molecule has 0 bridgehead atoms. The van der Waals surface area contributed by atoms with E-state index in [4.69, 9.17) is 10.5 Å². The van der Waals surface area contributed by atoms with Crippen molar-refractivity contribution in [2.24, 2.45) is 21.1 Å². The van der Waals surface area contributed by atoms with Crippen LogP contribution in [0.4, 0.5) is 0 Å². The lowest BCUT2D eigenvalue weighted by Crippen LogP contribution is -2.51. The lowest BCUT2D eigenvalue weighted by Gasteiger charge is -2.42. The molecule has 1 aliphatic heterocycles. The number of aliphatic imine (C=N–C) groups is 2. The molecule has 120 valence electrons. The number of carbonyl (C=O) groups excluding carboxylic acids is 1. The smallest absolute Gasteiger partial charge is 0.360 e. The molecule has 6 heteroatoms. The number of amidine groups is 1. The van der Waals surface area contributed by atoms with Crippen LogP contribution in [-0.4, -0.2) is 62.3 Å². The minimum absolute atomic E-state index is 0.142. The summed E-state index contributed by atoms with van der Waals surface area (Å²) in [4.78, 5) is 22.4. The third-order valence-corrected chi connectivity index (χ3v) is 4.42. The van der Waals surface area contributed by atoms with Gasteiger partial charge in [-0.2, -0.15) is 0 Å². The quantitative estimate of drug-likeness (QED) is 0.478. The fraction of sp³-hybridized carbons (Fsp3) is 0.800. The standard InChI is InChI=1S/C15H28N4O2/c1-6-21-14(20)12(17-4)13(18-5)19-9-7-15(3,8-10-19)11(2)16/h11H,6-10,16H2,1-5H3/b17-12+,18-13+. The highest BCUT2D eigenvalue weighted by Crippen LogP contribution is 2.33. The first-order valence-corrected chi connectivity index (χ1v) is 7.51. The van der Waals surface area contributed by atoms with Gasteiger partial charge in [-0.05, 0) is 32.1 Å². The van der Waals surface area contributed by atoms with E-state index in [9.17, 15) is 4.79 Å². The monoisotopic (exact) mass is 296 g/mol. The lowest BCUT2D eigenvalue weighted by molar-refractivity contribution is -0.134. The average molecular weight is 296 g/mol. The number of esters is 1. The van der Waals surface area contributed by atoms with Gasteiger partial charge in [-0.3, -0.25) is 9.98 Å². The highest BCUT2D eigenvalue weighted by Gasteiger charge is 2.35. The Morgan fingerprint density at radius 3 is 2.29 bits per heavy atom. The van der Waals surface area contributed by atoms with Crippen molar-refractivity contribution in [1.29, 1.82) is 0 Å². The van der Waals surface area contributed by atoms with E-state index in [1.54, 1.807) is 21.0 Å². The second-order valence-corrected chi connectivity index (χ2v) is 5.77. The van der Waals surface area contributed by atoms with Crippen molar-refractivity contribution in [3.05, 3.63) is 0 Å². The third kappa shape index (κ3) is 4.03. The average Bonchev–Trinajstić information content (AvgIpc) is 2.46. The SMILES string of the molecule is CCOC(=O)C(=N/C)/C(=N\C)N1CCC(C)(C(C)N)CC1. The van der Waals surface area contributed by atoms with Crippen molar-refractivity contribution in [1.82, 2.24) is 4.90 Å². The number of nitrogens with two attached hydrogens (primary N) is 1. The van der Waals surface area contributed by atoms with Gasteiger partial charge >= 0.3 is 5.97 Å². The molecule has 0 aromatic carbocycles. The molecule has 1 atom stereocenters. The fourth-order valence-corrected chi connectivity index (χ4v) is 2.56. The first-order chi connectivity index (χ1) is 9.89. The molecule has 1 unspecified atom stereocenters. The highest BCUT2D eigenvalue weighted by atomic mass is 16.5. The molecular weight excluding hydrogens is 268 g/mol. The fourth-order valence-electron chi connectivity index (χ4n) is 2.56. The molecule has 1 fully saturated rings. The number of rotatable bonds is 4. The Bertz CT molecular complexity index is 421. The Morgan fingerprint density at radius 2 is 1.90 bits per heavy atom. The predicted molar refractivity (Wildman–Crippen MR) is 85.9 cm³/mol. The van der Waals surface area contributed by atoms with E-state index in [1.165, 1.54) is 0 Å². The predicted octanol–water partition coefficient (Wildman–Crippen LogP) is 1.10. The van der Waals surface area contributed by atoms with Crippen LogP contribution in [0.2, 0.25) is 0 Å². The van der Waals surface area contributed by atoms with E-state index in [0.29, 0.717) is 18.2 Å². The number of hydrogen-bond acceptors (Lipinski definition) is 5. The van der Waals surface area contributed by atoms with Gasteiger partial charge < -0.3 is 15.4 Å². The van der Waals surface area contributed by atoms with Crippen molar-refractivity contribution >= 4 is 17.5 Å². The zero-order chi connectivity index (χ0) is 16.0. The van der Waals surface area contributed by atoms with Crippen LogP contribution in [0, 0.1) is 5.41 Å². The van der Waals surface area contributed by atoms with E-state index in [2.05, 4.69) is 28.7 Å². The summed E-state index contributed by atoms with van der Waals surface area (Å²) < 4.78 is 5.05. The van der Waals surface area contributed by atoms with E-state index >= 15 is 0 Å². The van der Waals surface area contributed by atoms with Gasteiger partial charge in [0, 0.05) is 33.2 Å². The summed E-state index contributed by atoms with van der Waals surface area (Å²) in [6.45, 7) is 8.03. The van der Waals surface area contributed by atoms with E-state index in [-0.39, 0.29) is 11.5 Å². The van der Waals surface area contributed by atoms with Gasteiger partial charge in [0.1, 0.15) is 0 Å². The maximum Gasteiger partial charge on any atom is 0.360 e. The molecule has 0 saturated carbocycles. The molecule has 2 N–H and O–H groups in total. The number of hydrogen-bond donors (Lipinski definition) is 1. The molecule has 0 amide bonds. The molecular formula is C15H28N4O2. The number of nitrogens with zero attached hydrogens (tertiary/aromatic N) is 3. The topological polar surface area (TPSA) is 80.3 Å². The van der Waals surface area contributed by atoms with Gasteiger partial charge in [-0.15, -0.1) is 0 Å². The first-order valence-electron chi connectivity index (χ1n) is 7.51. The first kappa shape index (κ1) is 17.6. The molecule has 6 nitrogen and oxygen atoms in total. The molecule has 0 radical (unpaired) electrons. The second kappa shape index (κ2) is 7.54. The molecule has 0 aromatic heterocycles. The molecule has 21 heavy (non-hydrogen) atoms. The minimum Gasteiger partial charge on any atom is -0.461 e. The van der Waals surface area contributed by atoms with E-state index < -0.39 is 5.97 Å². The molecule has 1 rings (SSSR count). The summed E-state index contributed by atoms with van der Waals surface area (Å²) in [6.07, 6.45) is 1.95. The number of likely N-dealkylation sites (tertiary alicyclic amines) is 1. The zero-order valence-corrected chi connectivity index (χ0v) is 13.8. The maximum absolute atomic E-state index is 12.0.